The number of amides is 4. The van der Waals surface area contributed by atoms with Crippen molar-refractivity contribution in [1.82, 2.24) is 25.9 Å². The first-order chi connectivity index (χ1) is 17.5. The number of carbonyl (C=O) groups is 5. The molecule has 0 aliphatic carbocycles. The lowest BCUT2D eigenvalue weighted by atomic mass is 10.0. The minimum absolute atomic E-state index is 0.00565. The Hall–Kier alpha value is -4.46. The molecule has 1 aromatic carbocycles. The van der Waals surface area contributed by atoms with E-state index in [1.54, 1.807) is 12.1 Å². The fourth-order valence-electron chi connectivity index (χ4n) is 3.26. The Kier molecular flexibility index (Phi) is 10.6. The van der Waals surface area contributed by atoms with Gasteiger partial charge in [-0.15, -0.1) is 0 Å². The second-order valence-corrected chi connectivity index (χ2v) is 8.45. The molecule has 14 heteroatoms. The van der Waals surface area contributed by atoms with E-state index in [0.717, 1.165) is 0 Å². The number of phenols is 1. The maximum atomic E-state index is 13.3. The largest absolute Gasteiger partial charge is 0.508 e. The molecule has 4 amide bonds. The smallest absolute Gasteiger partial charge is 0.325 e. The number of nitrogens with one attached hydrogen (secondary N) is 4. The number of hydrogen-bond acceptors (Lipinski definition) is 8. The molecule has 0 radical (unpaired) electrons. The minimum Gasteiger partial charge on any atom is -0.508 e. The van der Waals surface area contributed by atoms with E-state index in [1.807, 2.05) is 0 Å². The van der Waals surface area contributed by atoms with Gasteiger partial charge in [-0.2, -0.15) is 0 Å². The number of aromatic amines is 1. The van der Waals surface area contributed by atoms with E-state index in [2.05, 4.69) is 25.9 Å². The summed E-state index contributed by atoms with van der Waals surface area (Å²) in [4.78, 5) is 67.6. The highest BCUT2D eigenvalue weighted by molar-refractivity contribution is 5.94. The summed E-state index contributed by atoms with van der Waals surface area (Å²) in [5.74, 6) is -4.11. The Bertz CT molecular complexity index is 1090. The quantitative estimate of drug-likeness (QED) is 0.139. The van der Waals surface area contributed by atoms with Crippen LogP contribution in [-0.4, -0.2) is 73.9 Å². The van der Waals surface area contributed by atoms with Crippen molar-refractivity contribution < 1.29 is 34.2 Å². The Labute approximate surface area is 212 Å². The summed E-state index contributed by atoms with van der Waals surface area (Å²) in [5.41, 5.74) is 12.0. The molecule has 0 bridgehead atoms. The summed E-state index contributed by atoms with van der Waals surface area (Å²) in [6.45, 7) is 1.27. The van der Waals surface area contributed by atoms with Crippen LogP contribution in [0, 0.1) is 0 Å². The highest BCUT2D eigenvalue weighted by Gasteiger charge is 2.30. The van der Waals surface area contributed by atoms with Crippen molar-refractivity contribution in [2.45, 2.75) is 56.8 Å². The van der Waals surface area contributed by atoms with Gasteiger partial charge in [0.25, 0.3) is 0 Å². The van der Waals surface area contributed by atoms with Gasteiger partial charge in [-0.3, -0.25) is 24.0 Å². The number of carbonyl (C=O) groups excluding carboxylic acids is 4. The second kappa shape index (κ2) is 13.6. The molecule has 0 spiro atoms. The van der Waals surface area contributed by atoms with Crippen LogP contribution >= 0.6 is 0 Å². The van der Waals surface area contributed by atoms with Gasteiger partial charge in [-0.25, -0.2) is 4.98 Å². The Morgan fingerprint density at radius 2 is 1.57 bits per heavy atom. The molecule has 1 heterocycles. The van der Waals surface area contributed by atoms with Gasteiger partial charge in [0.15, 0.2) is 0 Å². The third kappa shape index (κ3) is 9.60. The van der Waals surface area contributed by atoms with Crippen LogP contribution in [0.5, 0.6) is 5.75 Å². The number of nitrogens with two attached hydrogens (primary N) is 2. The summed E-state index contributed by atoms with van der Waals surface area (Å²) in [5, 5.41) is 26.1. The van der Waals surface area contributed by atoms with Crippen molar-refractivity contribution in [3.63, 3.8) is 0 Å². The zero-order chi connectivity index (χ0) is 27.5. The molecule has 0 saturated carbocycles. The fraction of sp³-hybridized carbons (Fsp3) is 0.391. The fourth-order valence-corrected chi connectivity index (χ4v) is 3.26. The molecule has 10 N–H and O–H groups in total. The van der Waals surface area contributed by atoms with Crippen molar-refractivity contribution in [1.29, 1.82) is 0 Å². The molecule has 4 atom stereocenters. The maximum absolute atomic E-state index is 13.3. The van der Waals surface area contributed by atoms with Crippen LogP contribution in [0.1, 0.15) is 31.0 Å². The molecule has 2 aromatic rings. The van der Waals surface area contributed by atoms with Crippen molar-refractivity contribution in [3.8, 4) is 5.75 Å². The number of hydrogen-bond donors (Lipinski definition) is 8. The number of nitrogens with zero attached hydrogens (tertiary/aromatic N) is 1. The van der Waals surface area contributed by atoms with Gasteiger partial charge in [0, 0.05) is 31.2 Å². The topological polar surface area (TPSA) is 243 Å². The number of phenolic OH excluding ortho intramolecular Hbond substituents is 1. The SMILES string of the molecule is CC(NC(=O)C(Cc1cnc[nH]1)NC(=O)C(Cc1ccc(O)cc1)NC(=O)C(N)CCC(N)=O)C(=O)O. The molecule has 2 rings (SSSR count). The Morgan fingerprint density at radius 1 is 0.973 bits per heavy atom. The van der Waals surface area contributed by atoms with Crippen LogP contribution in [0.15, 0.2) is 36.8 Å². The van der Waals surface area contributed by atoms with Crippen molar-refractivity contribution in [2.24, 2.45) is 11.5 Å². The average molecular weight is 518 g/mol. The van der Waals surface area contributed by atoms with Crippen LogP contribution in [-0.2, 0) is 36.8 Å². The van der Waals surface area contributed by atoms with Crippen molar-refractivity contribution >= 4 is 29.6 Å². The summed E-state index contributed by atoms with van der Waals surface area (Å²) in [6.07, 6.45) is 2.60. The first-order valence-corrected chi connectivity index (χ1v) is 11.4. The van der Waals surface area contributed by atoms with E-state index in [1.165, 1.54) is 31.6 Å². The van der Waals surface area contributed by atoms with Gasteiger partial charge in [-0.1, -0.05) is 12.1 Å². The average Bonchev–Trinajstić information content (AvgIpc) is 3.35. The summed E-state index contributed by atoms with van der Waals surface area (Å²) in [7, 11) is 0. The van der Waals surface area contributed by atoms with Gasteiger partial charge in [0.05, 0.1) is 12.4 Å². The number of aromatic hydroxyl groups is 1. The van der Waals surface area contributed by atoms with Gasteiger partial charge >= 0.3 is 5.97 Å². The van der Waals surface area contributed by atoms with E-state index in [4.69, 9.17) is 16.6 Å². The predicted octanol–water partition coefficient (Wildman–Crippen LogP) is -1.95. The Balaban J connectivity index is 2.24. The third-order valence-electron chi connectivity index (χ3n) is 5.39. The molecule has 4 unspecified atom stereocenters. The van der Waals surface area contributed by atoms with Crippen LogP contribution in [0.2, 0.25) is 0 Å². The van der Waals surface area contributed by atoms with Gasteiger partial charge in [0.1, 0.15) is 23.9 Å². The third-order valence-corrected chi connectivity index (χ3v) is 5.39. The van der Waals surface area contributed by atoms with Crippen molar-refractivity contribution in [3.05, 3.63) is 48.0 Å². The molecule has 0 fully saturated rings. The number of primary amides is 1. The number of carboxylic acids is 1. The molecular weight excluding hydrogens is 486 g/mol. The molecule has 1 aromatic heterocycles. The van der Waals surface area contributed by atoms with E-state index in [0.29, 0.717) is 11.3 Å². The Morgan fingerprint density at radius 3 is 2.14 bits per heavy atom. The first kappa shape index (κ1) is 28.8. The number of aliphatic carboxylic acids is 1. The standard InChI is InChI=1S/C23H31N7O7/c1-12(23(36)37)28-21(34)18(9-14-10-26-11-27-14)30-22(35)17(8-13-2-4-15(31)5-3-13)29-20(33)16(24)6-7-19(25)32/h2-5,10-12,16-18,31H,6-9,24H2,1H3,(H2,25,32)(H,26,27)(H,28,34)(H,29,33)(H,30,35)(H,36,37). The van der Waals surface area contributed by atoms with Crippen LogP contribution in [0.4, 0.5) is 0 Å². The first-order valence-electron chi connectivity index (χ1n) is 11.4. The molecule has 0 aliphatic rings. The van der Waals surface area contributed by atoms with E-state index in [-0.39, 0.29) is 31.4 Å². The van der Waals surface area contributed by atoms with Gasteiger partial charge in [0.2, 0.25) is 23.6 Å². The molecular formula is C23H31N7O7. The van der Waals surface area contributed by atoms with Crippen LogP contribution < -0.4 is 27.4 Å². The highest BCUT2D eigenvalue weighted by Crippen LogP contribution is 2.12. The highest BCUT2D eigenvalue weighted by atomic mass is 16.4. The van der Waals surface area contributed by atoms with Crippen LogP contribution in [0.25, 0.3) is 0 Å². The summed E-state index contributed by atoms with van der Waals surface area (Å²) in [6, 6.07) is 1.17. The second-order valence-electron chi connectivity index (χ2n) is 8.45. The molecule has 37 heavy (non-hydrogen) atoms. The monoisotopic (exact) mass is 517 g/mol. The molecule has 0 saturated heterocycles. The lowest BCUT2D eigenvalue weighted by Crippen LogP contribution is -2.58. The normalized spacial score (nSPS) is 14.0. The lowest BCUT2D eigenvalue weighted by molar-refractivity contribution is -0.141. The summed E-state index contributed by atoms with van der Waals surface area (Å²) >= 11 is 0. The minimum atomic E-state index is -1.26. The van der Waals surface area contributed by atoms with E-state index >= 15 is 0 Å². The zero-order valence-electron chi connectivity index (χ0n) is 20.1. The number of imidazole rings is 1. The van der Waals surface area contributed by atoms with Crippen LogP contribution in [0.3, 0.4) is 0 Å². The number of rotatable bonds is 14. The molecule has 200 valence electrons. The molecule has 0 aliphatic heterocycles. The maximum Gasteiger partial charge on any atom is 0.325 e. The number of benzene rings is 1. The van der Waals surface area contributed by atoms with Gasteiger partial charge in [-0.05, 0) is 31.0 Å². The van der Waals surface area contributed by atoms with Crippen molar-refractivity contribution in [2.75, 3.05) is 0 Å². The lowest BCUT2D eigenvalue weighted by Gasteiger charge is -2.24. The van der Waals surface area contributed by atoms with E-state index in [9.17, 15) is 29.1 Å². The van der Waals surface area contributed by atoms with E-state index < -0.39 is 53.8 Å². The van der Waals surface area contributed by atoms with Gasteiger partial charge < -0.3 is 42.6 Å². The predicted molar refractivity (Wildman–Crippen MR) is 130 cm³/mol. The zero-order valence-corrected chi connectivity index (χ0v) is 20.1. The molecule has 14 nitrogen and oxygen atoms in total. The summed E-state index contributed by atoms with van der Waals surface area (Å²) < 4.78 is 0. The number of aromatic nitrogens is 2. The number of H-pyrrole nitrogens is 1. The number of carboxylic acid groups (broad SMARTS) is 1.